The van der Waals surface area contributed by atoms with Crippen molar-refractivity contribution in [2.45, 2.75) is 39.2 Å². The molecule has 0 bridgehead atoms. The number of likely N-dealkylation sites (tertiary alicyclic amines) is 1. The van der Waals surface area contributed by atoms with E-state index in [0.717, 1.165) is 23.4 Å². The molecule has 0 spiro atoms. The molecule has 1 atom stereocenters. The molecule has 3 heterocycles. The molecule has 20 heavy (non-hydrogen) atoms. The Bertz CT molecular complexity index is 587. The highest BCUT2D eigenvalue weighted by atomic mass is 15.2. The van der Waals surface area contributed by atoms with Crippen molar-refractivity contribution in [3.63, 3.8) is 0 Å². The third kappa shape index (κ3) is 2.66. The van der Waals surface area contributed by atoms with E-state index in [0.29, 0.717) is 12.0 Å². The van der Waals surface area contributed by atoms with E-state index in [-0.39, 0.29) is 0 Å². The largest absolute Gasteiger partial charge is 0.399 e. The number of hydrogen-bond donors (Lipinski definition) is 1. The SMILES string of the molecule is CC(C)N1CCCC(Cc2ncc3cc(N)ccn23)C1. The van der Waals surface area contributed by atoms with E-state index in [4.69, 9.17) is 5.73 Å². The number of aromatic nitrogens is 2. The molecule has 0 saturated carbocycles. The van der Waals surface area contributed by atoms with Crippen LogP contribution in [0.3, 0.4) is 0 Å². The second kappa shape index (κ2) is 5.44. The fraction of sp³-hybridized carbons (Fsp3) is 0.562. The number of nitrogens with two attached hydrogens (primary N) is 1. The van der Waals surface area contributed by atoms with E-state index in [1.165, 1.54) is 25.9 Å². The van der Waals surface area contributed by atoms with Crippen LogP contribution < -0.4 is 5.73 Å². The summed E-state index contributed by atoms with van der Waals surface area (Å²) in [4.78, 5) is 7.17. The summed E-state index contributed by atoms with van der Waals surface area (Å²) in [6.07, 6.45) is 7.64. The second-order valence-electron chi connectivity index (χ2n) is 6.23. The maximum absolute atomic E-state index is 5.82. The van der Waals surface area contributed by atoms with Crippen LogP contribution in [0.4, 0.5) is 5.69 Å². The highest BCUT2D eigenvalue weighted by Crippen LogP contribution is 2.22. The molecule has 2 aromatic heterocycles. The van der Waals surface area contributed by atoms with Crippen LogP contribution in [-0.2, 0) is 6.42 Å². The summed E-state index contributed by atoms with van der Waals surface area (Å²) >= 11 is 0. The number of nitrogens with zero attached hydrogens (tertiary/aromatic N) is 3. The standard InChI is InChI=1S/C16H24N4/c1-12(2)19-6-3-4-13(11-19)8-16-18-10-15-9-14(17)5-7-20(15)16/h5,7,9-10,12-13H,3-4,6,8,11,17H2,1-2H3. The van der Waals surface area contributed by atoms with Crippen LogP contribution in [0.2, 0.25) is 0 Å². The minimum absolute atomic E-state index is 0.648. The van der Waals surface area contributed by atoms with Crippen molar-refractivity contribution in [3.8, 4) is 0 Å². The van der Waals surface area contributed by atoms with Gasteiger partial charge in [-0.1, -0.05) is 0 Å². The van der Waals surface area contributed by atoms with Crippen LogP contribution in [0, 0.1) is 5.92 Å². The fourth-order valence-corrected chi connectivity index (χ4v) is 3.21. The first-order valence-electron chi connectivity index (χ1n) is 7.59. The van der Waals surface area contributed by atoms with E-state index in [1.54, 1.807) is 0 Å². The normalized spacial score (nSPS) is 20.9. The maximum Gasteiger partial charge on any atom is 0.113 e. The molecular formula is C16H24N4. The zero-order valence-corrected chi connectivity index (χ0v) is 12.4. The number of nitrogen functional groups attached to an aromatic ring is 1. The van der Waals surface area contributed by atoms with Crippen LogP contribution in [0.5, 0.6) is 0 Å². The van der Waals surface area contributed by atoms with Gasteiger partial charge in [0, 0.05) is 30.9 Å². The zero-order valence-electron chi connectivity index (χ0n) is 12.4. The summed E-state index contributed by atoms with van der Waals surface area (Å²) < 4.78 is 2.17. The van der Waals surface area contributed by atoms with Gasteiger partial charge in [-0.2, -0.15) is 0 Å². The highest BCUT2D eigenvalue weighted by molar-refractivity contribution is 5.55. The average molecular weight is 272 g/mol. The van der Waals surface area contributed by atoms with E-state index in [1.807, 2.05) is 24.5 Å². The number of piperidine rings is 1. The Morgan fingerprint density at radius 2 is 2.30 bits per heavy atom. The van der Waals surface area contributed by atoms with Crippen LogP contribution in [-0.4, -0.2) is 33.4 Å². The molecule has 1 unspecified atom stereocenters. The first-order valence-corrected chi connectivity index (χ1v) is 7.59. The number of fused-ring (bicyclic) bond motifs is 1. The fourth-order valence-electron chi connectivity index (χ4n) is 3.21. The summed E-state index contributed by atoms with van der Waals surface area (Å²) in [6, 6.07) is 4.58. The van der Waals surface area contributed by atoms with Gasteiger partial charge in [-0.25, -0.2) is 4.98 Å². The molecule has 0 aliphatic carbocycles. The number of anilines is 1. The van der Waals surface area contributed by atoms with E-state index in [2.05, 4.69) is 28.1 Å². The quantitative estimate of drug-likeness (QED) is 0.934. The van der Waals surface area contributed by atoms with Gasteiger partial charge in [0.25, 0.3) is 0 Å². The lowest BCUT2D eigenvalue weighted by Gasteiger charge is -2.35. The molecule has 3 rings (SSSR count). The molecule has 4 nitrogen and oxygen atoms in total. The molecule has 1 saturated heterocycles. The minimum Gasteiger partial charge on any atom is -0.399 e. The van der Waals surface area contributed by atoms with E-state index in [9.17, 15) is 0 Å². The lowest BCUT2D eigenvalue weighted by Crippen LogP contribution is -2.40. The predicted molar refractivity (Wildman–Crippen MR) is 82.7 cm³/mol. The van der Waals surface area contributed by atoms with E-state index >= 15 is 0 Å². The van der Waals surface area contributed by atoms with Gasteiger partial charge < -0.3 is 15.0 Å². The molecule has 1 aliphatic heterocycles. The van der Waals surface area contributed by atoms with Gasteiger partial charge in [0.2, 0.25) is 0 Å². The molecule has 0 aromatic carbocycles. The second-order valence-corrected chi connectivity index (χ2v) is 6.23. The van der Waals surface area contributed by atoms with Crippen molar-refractivity contribution in [2.75, 3.05) is 18.8 Å². The Morgan fingerprint density at radius 3 is 3.10 bits per heavy atom. The monoisotopic (exact) mass is 272 g/mol. The van der Waals surface area contributed by atoms with Gasteiger partial charge in [0.15, 0.2) is 0 Å². The zero-order chi connectivity index (χ0) is 14.1. The first-order chi connectivity index (χ1) is 9.63. The summed E-state index contributed by atoms with van der Waals surface area (Å²) in [5, 5.41) is 0. The predicted octanol–water partition coefficient (Wildman–Crippen LogP) is 2.58. The third-order valence-electron chi connectivity index (χ3n) is 4.38. The van der Waals surface area contributed by atoms with Crippen molar-refractivity contribution in [1.82, 2.24) is 14.3 Å². The van der Waals surface area contributed by atoms with Crippen LogP contribution in [0.25, 0.3) is 5.52 Å². The minimum atomic E-state index is 0.648. The van der Waals surface area contributed by atoms with Crippen LogP contribution in [0.15, 0.2) is 24.5 Å². The molecule has 2 aromatic rings. The highest BCUT2D eigenvalue weighted by Gasteiger charge is 2.23. The first kappa shape index (κ1) is 13.4. The Balaban J connectivity index is 1.76. The number of pyridine rings is 1. The molecule has 108 valence electrons. The van der Waals surface area contributed by atoms with Crippen molar-refractivity contribution in [3.05, 3.63) is 30.4 Å². The Kier molecular flexibility index (Phi) is 3.66. The molecular weight excluding hydrogens is 248 g/mol. The molecule has 0 radical (unpaired) electrons. The molecule has 2 N–H and O–H groups in total. The summed E-state index contributed by atoms with van der Waals surface area (Å²) in [6.45, 7) is 7.01. The summed E-state index contributed by atoms with van der Waals surface area (Å²) in [5.41, 5.74) is 7.71. The molecule has 1 fully saturated rings. The molecule has 1 aliphatic rings. The van der Waals surface area contributed by atoms with Crippen molar-refractivity contribution in [2.24, 2.45) is 5.92 Å². The summed E-state index contributed by atoms with van der Waals surface area (Å²) in [5.74, 6) is 1.88. The van der Waals surface area contributed by atoms with Gasteiger partial charge in [-0.05, 0) is 51.3 Å². The van der Waals surface area contributed by atoms with Crippen molar-refractivity contribution in [1.29, 1.82) is 0 Å². The Morgan fingerprint density at radius 1 is 1.45 bits per heavy atom. The lowest BCUT2D eigenvalue weighted by molar-refractivity contribution is 0.138. The number of rotatable bonds is 3. The molecule has 4 heteroatoms. The van der Waals surface area contributed by atoms with E-state index < -0.39 is 0 Å². The van der Waals surface area contributed by atoms with Gasteiger partial charge in [0.05, 0.1) is 11.7 Å². The van der Waals surface area contributed by atoms with Gasteiger partial charge in [-0.15, -0.1) is 0 Å². The Labute approximate surface area is 120 Å². The maximum atomic E-state index is 5.82. The van der Waals surface area contributed by atoms with Crippen LogP contribution >= 0.6 is 0 Å². The lowest BCUT2D eigenvalue weighted by atomic mass is 9.93. The third-order valence-corrected chi connectivity index (χ3v) is 4.38. The summed E-state index contributed by atoms with van der Waals surface area (Å²) in [7, 11) is 0. The van der Waals surface area contributed by atoms with Crippen LogP contribution in [0.1, 0.15) is 32.5 Å². The van der Waals surface area contributed by atoms with Crippen molar-refractivity contribution >= 4 is 11.2 Å². The van der Waals surface area contributed by atoms with Gasteiger partial charge >= 0.3 is 0 Å². The topological polar surface area (TPSA) is 46.6 Å². The van der Waals surface area contributed by atoms with Gasteiger partial charge in [0.1, 0.15) is 5.82 Å². The average Bonchev–Trinajstić information content (AvgIpc) is 2.81. The smallest absolute Gasteiger partial charge is 0.113 e. The number of hydrogen-bond acceptors (Lipinski definition) is 3. The number of imidazole rings is 1. The molecule has 0 amide bonds. The Hall–Kier alpha value is -1.55. The van der Waals surface area contributed by atoms with Gasteiger partial charge in [-0.3, -0.25) is 0 Å². The van der Waals surface area contributed by atoms with Crippen molar-refractivity contribution < 1.29 is 0 Å².